The largest absolute Gasteiger partial charge is 0.493 e. The Morgan fingerprint density at radius 2 is 1.39 bits per heavy atom. The lowest BCUT2D eigenvalue weighted by Crippen LogP contribution is -2.44. The summed E-state index contributed by atoms with van der Waals surface area (Å²) in [5.41, 5.74) is 1.90. The van der Waals surface area contributed by atoms with Gasteiger partial charge in [-0.25, -0.2) is 0 Å². The molecule has 0 N–H and O–H groups in total. The lowest BCUT2D eigenvalue weighted by atomic mass is 9.63. The number of nitrogens with zero attached hydrogens (tertiary/aromatic N) is 2. The monoisotopic (exact) mass is 674 g/mol. The maximum Gasteiger partial charge on any atom is 0.416 e. The van der Waals surface area contributed by atoms with Crippen LogP contribution in [0.2, 0.25) is 0 Å². The highest BCUT2D eigenvalue weighted by Crippen LogP contribution is 2.55. The van der Waals surface area contributed by atoms with Crippen molar-refractivity contribution >= 4 is 17.3 Å². The normalized spacial score (nSPS) is 19.1. The summed E-state index contributed by atoms with van der Waals surface area (Å²) >= 11 is 0. The van der Waals surface area contributed by atoms with Gasteiger partial charge in [0.15, 0.2) is 23.1 Å². The van der Waals surface area contributed by atoms with E-state index in [-0.39, 0.29) is 33.9 Å². The fraction of sp³-hybridized carbons (Fsp3) is 0.368. The van der Waals surface area contributed by atoms with Gasteiger partial charge in [-0.05, 0) is 59.1 Å². The van der Waals surface area contributed by atoms with Crippen LogP contribution in [0.5, 0.6) is 17.2 Å². The molecule has 0 amide bonds. The van der Waals surface area contributed by atoms with Crippen molar-refractivity contribution in [1.82, 2.24) is 4.90 Å². The van der Waals surface area contributed by atoms with Gasteiger partial charge >= 0.3 is 11.9 Å². The number of benzene rings is 3. The molecule has 0 radical (unpaired) electrons. The number of alkyl halides is 3. The van der Waals surface area contributed by atoms with Crippen molar-refractivity contribution < 1.29 is 37.2 Å². The predicted octanol–water partition coefficient (Wildman–Crippen LogP) is 9.30. The summed E-state index contributed by atoms with van der Waals surface area (Å²) in [5.74, 6) is -1.02. The number of ketones is 2. The number of nitro groups is 1. The molecular weight excluding hydrogens is 637 g/mol. The fourth-order valence-corrected chi connectivity index (χ4v) is 7.33. The topological polar surface area (TPSA) is 99.0 Å². The second-order valence-electron chi connectivity index (χ2n) is 14.6. The predicted molar refractivity (Wildman–Crippen MR) is 176 cm³/mol. The van der Waals surface area contributed by atoms with Crippen molar-refractivity contribution in [2.24, 2.45) is 10.8 Å². The van der Waals surface area contributed by atoms with Crippen LogP contribution in [-0.4, -0.2) is 28.5 Å². The molecule has 6 rings (SSSR count). The number of ether oxygens (including phenoxy) is 2. The number of rotatable bonds is 7. The standard InChI is InChI=1S/C38H37F3N2O6/c1-36(2)17-26-34(28(44)19-36)33(35-27(18-37(3,4)20-29(35)45)42(26)21-22-9-7-6-8-10-22)23-11-13-31(32(15-23)48-5)49-30-14-12-24(38(39,40)41)16-25(30)43(46)47/h6-16,33H,17-21H2,1-5H3. The van der Waals surface area contributed by atoms with Gasteiger partial charge in [0.1, 0.15) is 0 Å². The number of carbonyl (C=O) groups excluding carboxylic acids is 2. The van der Waals surface area contributed by atoms with Crippen LogP contribution in [0, 0.1) is 20.9 Å². The zero-order valence-electron chi connectivity index (χ0n) is 27.9. The van der Waals surface area contributed by atoms with Crippen LogP contribution in [0.1, 0.15) is 76.0 Å². The molecule has 1 aliphatic heterocycles. The Balaban J connectivity index is 1.49. The Bertz CT molecular complexity index is 1870. The second kappa shape index (κ2) is 12.2. The minimum Gasteiger partial charge on any atom is -0.493 e. The minimum absolute atomic E-state index is 0.0197. The highest BCUT2D eigenvalue weighted by molar-refractivity contribution is 6.06. The van der Waals surface area contributed by atoms with Crippen molar-refractivity contribution in [1.29, 1.82) is 0 Å². The third-order valence-electron chi connectivity index (χ3n) is 9.43. The molecule has 3 aromatic carbocycles. The summed E-state index contributed by atoms with van der Waals surface area (Å²) in [6.07, 6.45) is -2.92. The molecule has 3 aliphatic rings. The first-order valence-electron chi connectivity index (χ1n) is 16.0. The van der Waals surface area contributed by atoms with Gasteiger partial charge in [0.2, 0.25) is 5.75 Å². The van der Waals surface area contributed by atoms with Crippen LogP contribution in [0.4, 0.5) is 18.9 Å². The van der Waals surface area contributed by atoms with Crippen LogP contribution in [0.3, 0.4) is 0 Å². The Labute approximate surface area is 282 Å². The van der Waals surface area contributed by atoms with Crippen LogP contribution < -0.4 is 9.47 Å². The molecule has 256 valence electrons. The molecule has 0 aromatic heterocycles. The van der Waals surface area contributed by atoms with Crippen molar-refractivity contribution in [2.75, 3.05) is 7.11 Å². The average molecular weight is 675 g/mol. The molecule has 0 atom stereocenters. The van der Waals surface area contributed by atoms with Gasteiger partial charge in [-0.3, -0.25) is 19.7 Å². The van der Waals surface area contributed by atoms with Crippen LogP contribution in [0.25, 0.3) is 0 Å². The lowest BCUT2D eigenvalue weighted by Gasteiger charge is -2.49. The average Bonchev–Trinajstić information content (AvgIpc) is 3.01. The van der Waals surface area contributed by atoms with Crippen LogP contribution in [0.15, 0.2) is 89.3 Å². The van der Waals surface area contributed by atoms with Crippen molar-refractivity contribution in [3.63, 3.8) is 0 Å². The molecule has 0 bridgehead atoms. The summed E-state index contributed by atoms with van der Waals surface area (Å²) in [7, 11) is 1.37. The highest BCUT2D eigenvalue weighted by Gasteiger charge is 2.49. The zero-order valence-corrected chi connectivity index (χ0v) is 27.9. The summed E-state index contributed by atoms with van der Waals surface area (Å²) in [6.45, 7) is 8.78. The van der Waals surface area contributed by atoms with Gasteiger partial charge in [0.05, 0.1) is 17.6 Å². The number of hydrogen-bond donors (Lipinski definition) is 0. The number of hydrogen-bond acceptors (Lipinski definition) is 7. The number of methoxy groups -OCH3 is 1. The third kappa shape index (κ3) is 6.58. The molecule has 11 heteroatoms. The van der Waals surface area contributed by atoms with Gasteiger partial charge in [0, 0.05) is 53.9 Å². The molecule has 0 fully saturated rings. The van der Waals surface area contributed by atoms with E-state index in [0.29, 0.717) is 61.1 Å². The van der Waals surface area contributed by atoms with E-state index in [9.17, 15) is 32.9 Å². The molecule has 0 saturated heterocycles. The first-order chi connectivity index (χ1) is 23.0. The van der Waals surface area contributed by atoms with Gasteiger partial charge in [-0.15, -0.1) is 0 Å². The Morgan fingerprint density at radius 3 is 1.92 bits per heavy atom. The van der Waals surface area contributed by atoms with E-state index in [1.165, 1.54) is 13.2 Å². The molecule has 3 aromatic rings. The molecule has 2 aliphatic carbocycles. The Morgan fingerprint density at radius 1 is 0.816 bits per heavy atom. The highest BCUT2D eigenvalue weighted by atomic mass is 19.4. The smallest absolute Gasteiger partial charge is 0.416 e. The summed E-state index contributed by atoms with van der Waals surface area (Å²) in [6, 6.07) is 16.8. The number of Topliss-reactive ketones (excluding diaryl/α,β-unsaturated/α-hetero) is 2. The molecule has 0 unspecified atom stereocenters. The second-order valence-corrected chi connectivity index (χ2v) is 14.6. The van der Waals surface area contributed by atoms with E-state index < -0.39 is 34.0 Å². The van der Waals surface area contributed by atoms with Gasteiger partial charge in [-0.1, -0.05) is 64.1 Å². The first kappa shape index (κ1) is 34.0. The first-order valence-corrected chi connectivity index (χ1v) is 16.0. The number of allylic oxidation sites excluding steroid dienone is 4. The van der Waals surface area contributed by atoms with Crippen LogP contribution in [-0.2, 0) is 22.3 Å². The maximum atomic E-state index is 14.2. The van der Waals surface area contributed by atoms with Crippen molar-refractivity contribution in [3.8, 4) is 17.2 Å². The molecule has 0 saturated carbocycles. The van der Waals surface area contributed by atoms with Gasteiger partial charge in [-0.2, -0.15) is 13.2 Å². The molecule has 1 heterocycles. The third-order valence-corrected chi connectivity index (χ3v) is 9.43. The Hall–Kier alpha value is -4.93. The molecule has 8 nitrogen and oxygen atoms in total. The number of nitro benzene ring substituents is 1. The number of halogens is 3. The van der Waals surface area contributed by atoms with E-state index in [1.807, 2.05) is 30.3 Å². The number of carbonyl (C=O) groups is 2. The fourth-order valence-electron chi connectivity index (χ4n) is 7.33. The quantitative estimate of drug-likeness (QED) is 0.182. The van der Waals surface area contributed by atoms with Gasteiger partial charge in [0.25, 0.3) is 0 Å². The lowest BCUT2D eigenvalue weighted by molar-refractivity contribution is -0.385. The van der Waals surface area contributed by atoms with E-state index in [2.05, 4.69) is 32.6 Å². The SMILES string of the molecule is COc1cc(C2C3=C(CC(C)(C)CC3=O)N(Cc3ccccc3)C3=C2C(=O)CC(C)(C)C3)ccc1Oc1ccc(C(F)(F)F)cc1[N+](=O)[O-]. The van der Waals surface area contributed by atoms with E-state index in [4.69, 9.17) is 9.47 Å². The molecular formula is C38H37F3N2O6. The maximum absolute atomic E-state index is 14.2. The zero-order chi connectivity index (χ0) is 35.5. The molecule has 49 heavy (non-hydrogen) atoms. The van der Waals surface area contributed by atoms with E-state index in [1.54, 1.807) is 12.1 Å². The summed E-state index contributed by atoms with van der Waals surface area (Å²) in [5, 5.41) is 11.7. The Kier molecular flexibility index (Phi) is 8.45. The van der Waals surface area contributed by atoms with Crippen molar-refractivity contribution in [3.05, 3.63) is 116 Å². The minimum atomic E-state index is -4.78. The van der Waals surface area contributed by atoms with Crippen LogP contribution >= 0.6 is 0 Å². The van der Waals surface area contributed by atoms with E-state index >= 15 is 0 Å². The van der Waals surface area contributed by atoms with Crippen molar-refractivity contribution in [2.45, 2.75) is 72.0 Å². The van der Waals surface area contributed by atoms with E-state index in [0.717, 1.165) is 23.0 Å². The summed E-state index contributed by atoms with van der Waals surface area (Å²) < 4.78 is 51.3. The van der Waals surface area contributed by atoms with Gasteiger partial charge < -0.3 is 14.4 Å². The molecule has 0 spiro atoms. The summed E-state index contributed by atoms with van der Waals surface area (Å²) in [4.78, 5) is 41.3.